The predicted molar refractivity (Wildman–Crippen MR) is 101 cm³/mol. The Morgan fingerprint density at radius 2 is 1.72 bits per heavy atom. The van der Waals surface area contributed by atoms with Crippen LogP contribution < -0.4 is 0 Å². The fourth-order valence-electron chi connectivity index (χ4n) is 3.16. The van der Waals surface area contributed by atoms with E-state index in [1.807, 2.05) is 0 Å². The van der Waals surface area contributed by atoms with Gasteiger partial charge in [-0.3, -0.25) is 9.59 Å². The topological polar surface area (TPSA) is 53.5 Å². The van der Waals surface area contributed by atoms with Crippen molar-refractivity contribution in [3.8, 4) is 0 Å². The Labute approximate surface area is 167 Å². The smallest absolute Gasteiger partial charge is 0.343 e. The summed E-state index contributed by atoms with van der Waals surface area (Å²) in [6.07, 6.45) is -2.98. The van der Waals surface area contributed by atoms with Crippen LogP contribution in [0.25, 0.3) is 0 Å². The monoisotopic (exact) mass is 405 g/mol. The van der Waals surface area contributed by atoms with Crippen LogP contribution in [-0.4, -0.2) is 46.7 Å². The van der Waals surface area contributed by atoms with E-state index >= 15 is 0 Å². The van der Waals surface area contributed by atoms with Gasteiger partial charge in [-0.1, -0.05) is 18.2 Å². The average molecular weight is 405 g/mol. The third-order valence-electron chi connectivity index (χ3n) is 4.85. The number of hydrogen-bond acceptors (Lipinski definition) is 3. The molecule has 1 saturated carbocycles. The molecular weight excluding hydrogens is 383 g/mol. The van der Waals surface area contributed by atoms with Crippen LogP contribution in [0.5, 0.6) is 0 Å². The molecule has 1 aliphatic carbocycles. The number of aryl methyl sites for hydroxylation is 1. The van der Waals surface area contributed by atoms with Gasteiger partial charge in [-0.25, -0.2) is 4.98 Å². The number of nitrogens with zero attached hydrogens (tertiary/aromatic N) is 3. The molecule has 29 heavy (non-hydrogen) atoms. The zero-order chi connectivity index (χ0) is 21.3. The standard InChI is InChI=1S/C21H22F3N3O2/c1-13-16(10-11-18(25-13)20(29)26(2)3)19(28)27(15-8-9-15)12-14-6-4-5-7-17(14)21(22,23)24/h4-7,10-11,15H,8-9,12H2,1-3H3. The van der Waals surface area contributed by atoms with Crippen LogP contribution in [-0.2, 0) is 12.7 Å². The summed E-state index contributed by atoms with van der Waals surface area (Å²) in [6.45, 7) is 1.49. The largest absolute Gasteiger partial charge is 0.416 e. The highest BCUT2D eigenvalue weighted by molar-refractivity contribution is 5.97. The first-order valence-corrected chi connectivity index (χ1v) is 9.25. The normalized spacial score (nSPS) is 13.9. The van der Waals surface area contributed by atoms with Gasteiger partial charge in [0.05, 0.1) is 16.8 Å². The molecule has 0 bridgehead atoms. The molecule has 1 fully saturated rings. The Morgan fingerprint density at radius 1 is 1.07 bits per heavy atom. The number of carbonyl (C=O) groups is 2. The summed E-state index contributed by atoms with van der Waals surface area (Å²) in [7, 11) is 3.21. The number of amides is 2. The fraction of sp³-hybridized carbons (Fsp3) is 0.381. The van der Waals surface area contributed by atoms with Gasteiger partial charge < -0.3 is 9.80 Å². The molecule has 0 unspecified atom stereocenters. The molecule has 154 valence electrons. The third-order valence-corrected chi connectivity index (χ3v) is 4.85. The third kappa shape index (κ3) is 4.58. The summed E-state index contributed by atoms with van der Waals surface area (Å²) < 4.78 is 40.0. The number of alkyl halides is 3. The molecule has 0 aliphatic heterocycles. The lowest BCUT2D eigenvalue weighted by Gasteiger charge is -2.25. The van der Waals surface area contributed by atoms with E-state index in [0.29, 0.717) is 5.69 Å². The summed E-state index contributed by atoms with van der Waals surface area (Å²) in [6, 6.07) is 8.20. The number of rotatable bonds is 5. The molecule has 0 radical (unpaired) electrons. The van der Waals surface area contributed by atoms with E-state index in [2.05, 4.69) is 4.98 Å². The van der Waals surface area contributed by atoms with Crippen LogP contribution in [0.1, 0.15) is 50.5 Å². The molecule has 2 amide bonds. The zero-order valence-corrected chi connectivity index (χ0v) is 16.5. The molecule has 2 aromatic rings. The molecule has 0 atom stereocenters. The predicted octanol–water partition coefficient (Wildman–Crippen LogP) is 3.92. The van der Waals surface area contributed by atoms with Gasteiger partial charge in [-0.05, 0) is 43.5 Å². The first-order valence-electron chi connectivity index (χ1n) is 9.25. The molecule has 3 rings (SSSR count). The van der Waals surface area contributed by atoms with Gasteiger partial charge in [0, 0.05) is 26.7 Å². The molecule has 0 spiro atoms. The molecule has 0 saturated heterocycles. The van der Waals surface area contributed by atoms with Crippen molar-refractivity contribution in [3.05, 3.63) is 64.5 Å². The van der Waals surface area contributed by atoms with Crippen molar-refractivity contribution < 1.29 is 22.8 Å². The van der Waals surface area contributed by atoms with E-state index < -0.39 is 11.7 Å². The maximum atomic E-state index is 13.3. The summed E-state index contributed by atoms with van der Waals surface area (Å²) >= 11 is 0. The summed E-state index contributed by atoms with van der Waals surface area (Å²) in [5.74, 6) is -0.663. The van der Waals surface area contributed by atoms with Gasteiger partial charge in [0.25, 0.3) is 11.8 Å². The second-order valence-electron chi connectivity index (χ2n) is 7.35. The summed E-state index contributed by atoms with van der Waals surface area (Å²) in [5.41, 5.74) is 0.198. The van der Waals surface area contributed by atoms with Crippen molar-refractivity contribution in [2.75, 3.05) is 14.1 Å². The SMILES string of the molecule is Cc1nc(C(=O)N(C)C)ccc1C(=O)N(Cc1ccccc1C(F)(F)F)C1CC1. The van der Waals surface area contributed by atoms with Crippen molar-refractivity contribution in [1.82, 2.24) is 14.8 Å². The maximum absolute atomic E-state index is 13.3. The highest BCUT2D eigenvalue weighted by Crippen LogP contribution is 2.35. The van der Waals surface area contributed by atoms with E-state index in [-0.39, 0.29) is 41.2 Å². The molecule has 1 aromatic heterocycles. The van der Waals surface area contributed by atoms with Crippen molar-refractivity contribution in [1.29, 1.82) is 0 Å². The molecule has 1 aromatic carbocycles. The minimum absolute atomic E-state index is 0.0604. The van der Waals surface area contributed by atoms with Crippen molar-refractivity contribution >= 4 is 11.8 Å². The Hall–Kier alpha value is -2.90. The van der Waals surface area contributed by atoms with Crippen LogP contribution >= 0.6 is 0 Å². The van der Waals surface area contributed by atoms with Crippen molar-refractivity contribution in [2.24, 2.45) is 0 Å². The molecule has 8 heteroatoms. The minimum Gasteiger partial charge on any atom is -0.343 e. The van der Waals surface area contributed by atoms with Gasteiger partial charge in [-0.15, -0.1) is 0 Å². The van der Waals surface area contributed by atoms with E-state index in [1.165, 1.54) is 40.1 Å². The lowest BCUT2D eigenvalue weighted by molar-refractivity contribution is -0.138. The van der Waals surface area contributed by atoms with Gasteiger partial charge in [-0.2, -0.15) is 13.2 Å². The first kappa shape index (κ1) is 20.8. The molecule has 0 N–H and O–H groups in total. The van der Waals surface area contributed by atoms with Crippen LogP contribution in [0.15, 0.2) is 36.4 Å². The fourth-order valence-corrected chi connectivity index (χ4v) is 3.16. The molecule has 1 heterocycles. The number of hydrogen-bond donors (Lipinski definition) is 0. The Morgan fingerprint density at radius 3 is 2.28 bits per heavy atom. The maximum Gasteiger partial charge on any atom is 0.416 e. The number of halogens is 3. The number of carbonyl (C=O) groups excluding carboxylic acids is 2. The lowest BCUT2D eigenvalue weighted by atomic mass is 10.1. The molecular formula is C21H22F3N3O2. The first-order chi connectivity index (χ1) is 13.6. The van der Waals surface area contributed by atoms with Crippen LogP contribution in [0.3, 0.4) is 0 Å². The van der Waals surface area contributed by atoms with Gasteiger partial charge in [0.15, 0.2) is 0 Å². The quantitative estimate of drug-likeness (QED) is 0.758. The second kappa shape index (κ2) is 7.85. The summed E-state index contributed by atoms with van der Waals surface area (Å²) in [4.78, 5) is 32.3. The van der Waals surface area contributed by atoms with Gasteiger partial charge in [0.1, 0.15) is 5.69 Å². The van der Waals surface area contributed by atoms with E-state index in [9.17, 15) is 22.8 Å². The van der Waals surface area contributed by atoms with E-state index in [1.54, 1.807) is 21.0 Å². The highest BCUT2D eigenvalue weighted by Gasteiger charge is 2.37. The summed E-state index contributed by atoms with van der Waals surface area (Å²) in [5, 5.41) is 0. The number of benzene rings is 1. The van der Waals surface area contributed by atoms with Crippen LogP contribution in [0.4, 0.5) is 13.2 Å². The van der Waals surface area contributed by atoms with Gasteiger partial charge in [0.2, 0.25) is 0 Å². The average Bonchev–Trinajstić information content (AvgIpc) is 3.49. The Bertz CT molecular complexity index is 937. The molecule has 1 aliphatic rings. The molecule has 5 nitrogen and oxygen atoms in total. The van der Waals surface area contributed by atoms with Crippen molar-refractivity contribution in [3.63, 3.8) is 0 Å². The van der Waals surface area contributed by atoms with E-state index in [4.69, 9.17) is 0 Å². The van der Waals surface area contributed by atoms with Gasteiger partial charge >= 0.3 is 6.18 Å². The van der Waals surface area contributed by atoms with E-state index in [0.717, 1.165) is 18.9 Å². The number of aromatic nitrogens is 1. The van der Waals surface area contributed by atoms with Crippen LogP contribution in [0, 0.1) is 6.92 Å². The minimum atomic E-state index is -4.49. The lowest BCUT2D eigenvalue weighted by Crippen LogP contribution is -2.34. The number of pyridine rings is 1. The Balaban J connectivity index is 1.90. The zero-order valence-electron chi connectivity index (χ0n) is 16.5. The van der Waals surface area contributed by atoms with Crippen molar-refractivity contribution in [2.45, 2.75) is 38.5 Å². The highest BCUT2D eigenvalue weighted by atomic mass is 19.4. The Kier molecular flexibility index (Phi) is 5.64. The van der Waals surface area contributed by atoms with Crippen LogP contribution in [0.2, 0.25) is 0 Å². The second-order valence-corrected chi connectivity index (χ2v) is 7.35.